The van der Waals surface area contributed by atoms with Gasteiger partial charge >= 0.3 is 0 Å². The van der Waals surface area contributed by atoms with Crippen LogP contribution in [0.5, 0.6) is 11.5 Å². The topological polar surface area (TPSA) is 30.5 Å². The van der Waals surface area contributed by atoms with Gasteiger partial charge in [-0.15, -0.1) is 11.3 Å². The van der Waals surface area contributed by atoms with Gasteiger partial charge in [0.2, 0.25) is 0 Å². The molecule has 1 heterocycles. The van der Waals surface area contributed by atoms with Gasteiger partial charge in [-0.1, -0.05) is 0 Å². The highest BCUT2D eigenvalue weighted by molar-refractivity contribution is 7.12. The summed E-state index contributed by atoms with van der Waals surface area (Å²) in [5.74, 6) is 1.71. The highest BCUT2D eigenvalue weighted by atomic mass is 32.1. The van der Waals surface area contributed by atoms with Gasteiger partial charge in [-0.25, -0.2) is 0 Å². The molecule has 0 atom stereocenters. The second-order valence-electron chi connectivity index (χ2n) is 4.29. The molecular weight excluding hydrogens is 258 g/mol. The highest BCUT2D eigenvalue weighted by Crippen LogP contribution is 2.24. The second kappa shape index (κ2) is 6.59. The summed E-state index contributed by atoms with van der Waals surface area (Å²) >= 11 is 1.82. The Kier molecular flexibility index (Phi) is 4.82. The Morgan fingerprint density at radius 2 is 1.84 bits per heavy atom. The summed E-state index contributed by atoms with van der Waals surface area (Å²) in [6, 6.07) is 9.87. The molecular formula is C15H19NO2S. The minimum atomic E-state index is 0.610. The summed E-state index contributed by atoms with van der Waals surface area (Å²) in [7, 11) is 3.62. The van der Waals surface area contributed by atoms with Crippen molar-refractivity contribution in [1.82, 2.24) is 5.32 Å². The normalized spacial score (nSPS) is 10.5. The second-order valence-corrected chi connectivity index (χ2v) is 5.63. The van der Waals surface area contributed by atoms with Crippen LogP contribution in [-0.4, -0.2) is 14.2 Å². The lowest BCUT2D eigenvalue weighted by molar-refractivity contribution is 0.305. The van der Waals surface area contributed by atoms with E-state index in [1.54, 1.807) is 7.11 Å². The Balaban J connectivity index is 1.97. The maximum atomic E-state index is 5.79. The number of methoxy groups -OCH3 is 1. The summed E-state index contributed by atoms with van der Waals surface area (Å²) in [4.78, 5) is 2.66. The zero-order valence-corrected chi connectivity index (χ0v) is 12.3. The molecule has 1 N–H and O–H groups in total. The fourth-order valence-electron chi connectivity index (χ4n) is 1.83. The number of aryl methyl sites for hydroxylation is 1. The molecule has 0 amide bonds. The monoisotopic (exact) mass is 277 g/mol. The Morgan fingerprint density at radius 3 is 2.47 bits per heavy atom. The number of benzene rings is 1. The van der Waals surface area contributed by atoms with Gasteiger partial charge in [-0.05, 0) is 44.3 Å². The molecule has 0 unspecified atom stereocenters. The Bertz CT molecular complexity index is 519. The molecule has 1 aromatic carbocycles. The lowest BCUT2D eigenvalue weighted by atomic mass is 10.2. The lowest BCUT2D eigenvalue weighted by Crippen LogP contribution is -2.02. The van der Waals surface area contributed by atoms with Gasteiger partial charge in [0, 0.05) is 21.9 Å². The number of hydrogen-bond acceptors (Lipinski definition) is 4. The van der Waals surface area contributed by atoms with E-state index in [9.17, 15) is 0 Å². The predicted molar refractivity (Wildman–Crippen MR) is 79.1 cm³/mol. The maximum Gasteiger partial charge on any atom is 0.120 e. The largest absolute Gasteiger partial charge is 0.497 e. The van der Waals surface area contributed by atoms with E-state index >= 15 is 0 Å². The minimum absolute atomic E-state index is 0.610. The molecule has 0 saturated heterocycles. The smallest absolute Gasteiger partial charge is 0.120 e. The van der Waals surface area contributed by atoms with E-state index in [1.807, 2.05) is 42.6 Å². The third-order valence-electron chi connectivity index (χ3n) is 2.88. The third kappa shape index (κ3) is 3.72. The zero-order valence-electron chi connectivity index (χ0n) is 11.5. The fourth-order valence-corrected chi connectivity index (χ4v) is 2.89. The summed E-state index contributed by atoms with van der Waals surface area (Å²) in [5, 5.41) is 3.17. The first-order valence-corrected chi connectivity index (χ1v) is 7.04. The van der Waals surface area contributed by atoms with Crippen molar-refractivity contribution < 1.29 is 9.47 Å². The van der Waals surface area contributed by atoms with Gasteiger partial charge in [0.15, 0.2) is 0 Å². The predicted octanol–water partition coefficient (Wildman–Crippen LogP) is 3.36. The molecule has 0 aliphatic heterocycles. The molecule has 0 fully saturated rings. The average Bonchev–Trinajstić information content (AvgIpc) is 2.78. The number of thiophene rings is 1. The molecule has 0 radical (unpaired) electrons. The molecule has 1 aromatic heterocycles. The third-order valence-corrected chi connectivity index (χ3v) is 3.97. The van der Waals surface area contributed by atoms with E-state index in [0.717, 1.165) is 18.0 Å². The number of nitrogens with one attached hydrogen (secondary N) is 1. The van der Waals surface area contributed by atoms with Gasteiger partial charge in [0.25, 0.3) is 0 Å². The van der Waals surface area contributed by atoms with E-state index in [4.69, 9.17) is 9.47 Å². The fraction of sp³-hybridized carbons (Fsp3) is 0.333. The van der Waals surface area contributed by atoms with E-state index in [-0.39, 0.29) is 0 Å². The molecule has 0 saturated carbocycles. The van der Waals surface area contributed by atoms with Crippen molar-refractivity contribution in [2.24, 2.45) is 0 Å². The standard InChI is InChI=1S/C15H19NO2S/c1-11-12(8-15(19-11)9-16-2)10-18-14-6-4-13(17-3)5-7-14/h4-8,16H,9-10H2,1-3H3. The van der Waals surface area contributed by atoms with Crippen molar-refractivity contribution in [2.75, 3.05) is 14.2 Å². The summed E-state index contributed by atoms with van der Waals surface area (Å²) in [6.45, 7) is 3.66. The number of ether oxygens (including phenoxy) is 2. The van der Waals surface area contributed by atoms with Crippen molar-refractivity contribution in [3.8, 4) is 11.5 Å². The van der Waals surface area contributed by atoms with Crippen molar-refractivity contribution in [1.29, 1.82) is 0 Å². The molecule has 0 aliphatic rings. The molecule has 0 aliphatic carbocycles. The van der Waals surface area contributed by atoms with E-state index < -0.39 is 0 Å². The Hall–Kier alpha value is -1.52. The van der Waals surface area contributed by atoms with Crippen molar-refractivity contribution >= 4 is 11.3 Å². The van der Waals surface area contributed by atoms with Crippen molar-refractivity contribution in [3.63, 3.8) is 0 Å². The SMILES string of the molecule is CNCc1cc(COc2ccc(OC)cc2)c(C)s1. The molecule has 3 nitrogen and oxygen atoms in total. The summed E-state index contributed by atoms with van der Waals surface area (Å²) in [6.07, 6.45) is 0. The van der Waals surface area contributed by atoms with E-state index in [2.05, 4.69) is 18.3 Å². The molecule has 2 rings (SSSR count). The molecule has 19 heavy (non-hydrogen) atoms. The van der Waals surface area contributed by atoms with Gasteiger partial charge in [0.05, 0.1) is 7.11 Å². The Morgan fingerprint density at radius 1 is 1.16 bits per heavy atom. The van der Waals surface area contributed by atoms with Crippen molar-refractivity contribution in [2.45, 2.75) is 20.1 Å². The van der Waals surface area contributed by atoms with Crippen LogP contribution in [-0.2, 0) is 13.2 Å². The highest BCUT2D eigenvalue weighted by Gasteiger charge is 2.06. The lowest BCUT2D eigenvalue weighted by Gasteiger charge is -2.06. The van der Waals surface area contributed by atoms with Crippen LogP contribution in [0.4, 0.5) is 0 Å². The van der Waals surface area contributed by atoms with Gasteiger partial charge in [0.1, 0.15) is 18.1 Å². The summed E-state index contributed by atoms with van der Waals surface area (Å²) < 4.78 is 10.9. The first-order valence-electron chi connectivity index (χ1n) is 6.22. The number of rotatable bonds is 6. The quantitative estimate of drug-likeness (QED) is 0.878. The van der Waals surface area contributed by atoms with Gasteiger partial charge in [-0.2, -0.15) is 0 Å². The van der Waals surface area contributed by atoms with Crippen LogP contribution in [0.15, 0.2) is 30.3 Å². The average molecular weight is 277 g/mol. The van der Waals surface area contributed by atoms with Gasteiger partial charge in [-0.3, -0.25) is 0 Å². The molecule has 0 bridgehead atoms. The minimum Gasteiger partial charge on any atom is -0.497 e. The Labute approximate surface area is 118 Å². The van der Waals surface area contributed by atoms with Crippen LogP contribution in [0.2, 0.25) is 0 Å². The first-order chi connectivity index (χ1) is 9.22. The van der Waals surface area contributed by atoms with Crippen molar-refractivity contribution in [3.05, 3.63) is 45.6 Å². The van der Waals surface area contributed by atoms with Crippen LogP contribution in [0, 0.1) is 6.92 Å². The maximum absolute atomic E-state index is 5.79. The van der Waals surface area contributed by atoms with E-state index in [1.165, 1.54) is 15.3 Å². The number of hydrogen-bond donors (Lipinski definition) is 1. The molecule has 2 aromatic rings. The van der Waals surface area contributed by atoms with Gasteiger partial charge < -0.3 is 14.8 Å². The van der Waals surface area contributed by atoms with Crippen LogP contribution >= 0.6 is 11.3 Å². The van der Waals surface area contributed by atoms with Crippen LogP contribution in [0.3, 0.4) is 0 Å². The van der Waals surface area contributed by atoms with E-state index in [0.29, 0.717) is 6.61 Å². The zero-order chi connectivity index (χ0) is 13.7. The van der Waals surface area contributed by atoms with Crippen LogP contribution < -0.4 is 14.8 Å². The first kappa shape index (κ1) is 13.9. The summed E-state index contributed by atoms with van der Waals surface area (Å²) in [5.41, 5.74) is 1.26. The molecule has 4 heteroatoms. The molecule has 0 spiro atoms. The molecule has 102 valence electrons. The van der Waals surface area contributed by atoms with Crippen LogP contribution in [0.25, 0.3) is 0 Å². The van der Waals surface area contributed by atoms with Crippen LogP contribution in [0.1, 0.15) is 15.3 Å².